The molecule has 0 amide bonds. The lowest BCUT2D eigenvalue weighted by Crippen LogP contribution is -2.39. The largest absolute Gasteiger partial charge is 0.332 e. The lowest BCUT2D eigenvalue weighted by atomic mass is 10.5. The van der Waals surface area contributed by atoms with E-state index in [0.29, 0.717) is 15.9 Å². The normalized spacial score (nSPS) is 12.3. The SMILES string of the molecule is Cn1c(Br)nc2c1c(=O)n(CP(C)(C)=O)c(=O)n2C. The Balaban J connectivity index is 2.95. The molecule has 0 aliphatic rings. The molecule has 2 aromatic heterocycles. The number of hydrogen-bond acceptors (Lipinski definition) is 4. The van der Waals surface area contributed by atoms with Gasteiger partial charge in [0.15, 0.2) is 15.9 Å². The third-order valence-electron chi connectivity index (χ3n) is 2.79. The molecule has 0 fully saturated rings. The Kier molecular flexibility index (Phi) is 3.35. The van der Waals surface area contributed by atoms with Gasteiger partial charge < -0.3 is 9.13 Å². The third-order valence-corrected chi connectivity index (χ3v) is 4.46. The van der Waals surface area contributed by atoms with Crippen molar-refractivity contribution in [2.24, 2.45) is 14.1 Å². The predicted molar refractivity (Wildman–Crippen MR) is 77.4 cm³/mol. The maximum atomic E-state index is 12.4. The van der Waals surface area contributed by atoms with Gasteiger partial charge in [-0.1, -0.05) is 0 Å². The fourth-order valence-corrected chi connectivity index (χ4v) is 3.16. The molecule has 9 heteroatoms. The first kappa shape index (κ1) is 14.3. The van der Waals surface area contributed by atoms with E-state index in [2.05, 4.69) is 20.9 Å². The maximum Gasteiger partial charge on any atom is 0.332 e. The minimum absolute atomic E-state index is 0.0722. The smallest absolute Gasteiger partial charge is 0.322 e. The number of imidazole rings is 1. The van der Waals surface area contributed by atoms with Crippen LogP contribution in [0.5, 0.6) is 0 Å². The van der Waals surface area contributed by atoms with Crippen LogP contribution in [0.1, 0.15) is 0 Å². The first-order valence-corrected chi connectivity index (χ1v) is 9.07. The first-order chi connectivity index (χ1) is 8.63. The number of halogens is 1. The fraction of sp³-hybridized carbons (Fsp3) is 0.500. The topological polar surface area (TPSA) is 78.9 Å². The van der Waals surface area contributed by atoms with Crippen LogP contribution in [0.25, 0.3) is 11.2 Å². The summed E-state index contributed by atoms with van der Waals surface area (Å²) in [5, 5.41) is 0. The Bertz CT molecular complexity index is 826. The summed E-state index contributed by atoms with van der Waals surface area (Å²) >= 11 is 3.22. The molecule has 2 rings (SSSR count). The van der Waals surface area contributed by atoms with Gasteiger partial charge in [-0.05, 0) is 29.3 Å². The summed E-state index contributed by atoms with van der Waals surface area (Å²) in [6, 6.07) is 0. The van der Waals surface area contributed by atoms with Crippen LogP contribution in [0.15, 0.2) is 14.3 Å². The van der Waals surface area contributed by atoms with E-state index < -0.39 is 18.4 Å². The van der Waals surface area contributed by atoms with E-state index in [1.807, 2.05) is 0 Å². The molecule has 0 atom stereocenters. The highest BCUT2D eigenvalue weighted by atomic mass is 79.9. The average molecular weight is 349 g/mol. The van der Waals surface area contributed by atoms with Gasteiger partial charge in [-0.3, -0.25) is 13.9 Å². The highest BCUT2D eigenvalue weighted by molar-refractivity contribution is 9.10. The van der Waals surface area contributed by atoms with Crippen LogP contribution in [0.3, 0.4) is 0 Å². The number of nitrogens with zero attached hydrogens (tertiary/aromatic N) is 4. The molecule has 0 saturated heterocycles. The average Bonchev–Trinajstić information content (AvgIpc) is 2.58. The van der Waals surface area contributed by atoms with E-state index in [0.717, 1.165) is 4.57 Å². The summed E-state index contributed by atoms with van der Waals surface area (Å²) in [6.07, 6.45) is -0.0722. The molecule has 19 heavy (non-hydrogen) atoms. The van der Waals surface area contributed by atoms with E-state index >= 15 is 0 Å². The van der Waals surface area contributed by atoms with Crippen molar-refractivity contribution >= 4 is 34.2 Å². The lowest BCUT2D eigenvalue weighted by Gasteiger charge is -2.11. The Labute approximate surface area is 117 Å². The molecule has 0 N–H and O–H groups in total. The Morgan fingerprint density at radius 1 is 1.21 bits per heavy atom. The van der Waals surface area contributed by atoms with Crippen molar-refractivity contribution in [3.8, 4) is 0 Å². The van der Waals surface area contributed by atoms with Crippen molar-refractivity contribution in [3.05, 3.63) is 25.6 Å². The zero-order valence-electron chi connectivity index (χ0n) is 11.0. The second-order valence-corrected chi connectivity index (χ2v) is 9.04. The molecule has 0 aromatic carbocycles. The predicted octanol–water partition coefficient (Wildman–Crippen LogP) is 0.776. The number of aromatic nitrogens is 4. The second kappa shape index (κ2) is 4.45. The molecule has 0 unspecified atom stereocenters. The van der Waals surface area contributed by atoms with Gasteiger partial charge in [-0.15, -0.1) is 0 Å². The Hall–Kier alpha value is -1.14. The molecule has 0 bridgehead atoms. The van der Waals surface area contributed by atoms with Crippen LogP contribution in [-0.2, 0) is 24.9 Å². The molecular formula is C10H14BrN4O3P. The quantitative estimate of drug-likeness (QED) is 0.593. The fourth-order valence-electron chi connectivity index (χ4n) is 1.88. The van der Waals surface area contributed by atoms with Crippen molar-refractivity contribution in [1.29, 1.82) is 0 Å². The molecule has 7 nitrogen and oxygen atoms in total. The standard InChI is InChI=1S/C10H14BrN4O3P/c1-13-6-7(12-9(13)11)14(2)10(17)15(8(6)16)5-19(3,4)18/h5H2,1-4H3. The monoisotopic (exact) mass is 348 g/mol. The van der Waals surface area contributed by atoms with Crippen molar-refractivity contribution in [2.45, 2.75) is 6.29 Å². The number of hydrogen-bond donors (Lipinski definition) is 0. The molecule has 0 saturated carbocycles. The molecule has 0 radical (unpaired) electrons. The van der Waals surface area contributed by atoms with Gasteiger partial charge in [-0.2, -0.15) is 0 Å². The van der Waals surface area contributed by atoms with E-state index in [-0.39, 0.29) is 6.29 Å². The van der Waals surface area contributed by atoms with Gasteiger partial charge in [0.1, 0.15) is 7.14 Å². The molecule has 0 spiro atoms. The van der Waals surface area contributed by atoms with Crippen LogP contribution in [0.2, 0.25) is 0 Å². The highest BCUT2D eigenvalue weighted by Gasteiger charge is 2.20. The highest BCUT2D eigenvalue weighted by Crippen LogP contribution is 2.36. The van der Waals surface area contributed by atoms with Crippen LogP contribution in [0, 0.1) is 0 Å². The Morgan fingerprint density at radius 3 is 2.32 bits per heavy atom. The zero-order chi connectivity index (χ0) is 14.5. The van der Waals surface area contributed by atoms with Crippen LogP contribution in [-0.4, -0.2) is 32.0 Å². The van der Waals surface area contributed by atoms with Crippen LogP contribution in [0.4, 0.5) is 0 Å². The van der Waals surface area contributed by atoms with Crippen LogP contribution < -0.4 is 11.2 Å². The molecule has 0 aliphatic heterocycles. The Morgan fingerprint density at radius 2 is 1.79 bits per heavy atom. The molecule has 0 aliphatic carbocycles. The van der Waals surface area contributed by atoms with Crippen LogP contribution >= 0.6 is 23.1 Å². The van der Waals surface area contributed by atoms with E-state index in [1.165, 1.54) is 11.6 Å². The molecule has 2 heterocycles. The van der Waals surface area contributed by atoms with E-state index in [4.69, 9.17) is 0 Å². The maximum absolute atomic E-state index is 12.4. The molecule has 104 valence electrons. The van der Waals surface area contributed by atoms with E-state index in [9.17, 15) is 14.2 Å². The number of aryl methyl sites for hydroxylation is 2. The van der Waals surface area contributed by atoms with Crippen molar-refractivity contribution in [3.63, 3.8) is 0 Å². The van der Waals surface area contributed by atoms with Gasteiger partial charge in [0, 0.05) is 14.1 Å². The van der Waals surface area contributed by atoms with Crippen molar-refractivity contribution < 1.29 is 4.57 Å². The van der Waals surface area contributed by atoms with Crippen molar-refractivity contribution in [2.75, 3.05) is 13.3 Å². The van der Waals surface area contributed by atoms with Gasteiger partial charge in [0.05, 0.1) is 6.29 Å². The number of rotatable bonds is 2. The van der Waals surface area contributed by atoms with Gasteiger partial charge in [0.2, 0.25) is 0 Å². The lowest BCUT2D eigenvalue weighted by molar-refractivity contribution is 0.568. The summed E-state index contributed by atoms with van der Waals surface area (Å²) in [7, 11) is 0.672. The van der Waals surface area contributed by atoms with Crippen molar-refractivity contribution in [1.82, 2.24) is 18.7 Å². The van der Waals surface area contributed by atoms with Gasteiger partial charge in [0.25, 0.3) is 5.56 Å². The summed E-state index contributed by atoms with van der Waals surface area (Å²) in [5.74, 6) is 0. The molecule has 2 aromatic rings. The summed E-state index contributed by atoms with van der Waals surface area (Å²) in [5.41, 5.74) is -0.361. The zero-order valence-corrected chi connectivity index (χ0v) is 13.5. The summed E-state index contributed by atoms with van der Waals surface area (Å²) in [4.78, 5) is 28.6. The first-order valence-electron chi connectivity index (χ1n) is 5.49. The summed E-state index contributed by atoms with van der Waals surface area (Å²) in [6.45, 7) is 3.09. The number of fused-ring (bicyclic) bond motifs is 1. The minimum atomic E-state index is -2.54. The second-order valence-electron chi connectivity index (χ2n) is 4.90. The summed E-state index contributed by atoms with van der Waals surface area (Å²) < 4.78 is 16.2. The molecular weight excluding hydrogens is 335 g/mol. The van der Waals surface area contributed by atoms with Gasteiger partial charge >= 0.3 is 5.69 Å². The third kappa shape index (κ3) is 2.34. The minimum Gasteiger partial charge on any atom is -0.322 e. The van der Waals surface area contributed by atoms with Gasteiger partial charge in [-0.25, -0.2) is 9.78 Å². The van der Waals surface area contributed by atoms with E-state index in [1.54, 1.807) is 24.9 Å².